The molecule has 0 spiro atoms. The van der Waals surface area contributed by atoms with Gasteiger partial charge in [-0.3, -0.25) is 9.69 Å². The lowest BCUT2D eigenvalue weighted by Crippen LogP contribution is -2.36. The minimum absolute atomic E-state index is 0.129. The zero-order chi connectivity index (χ0) is 20.5. The zero-order valence-corrected chi connectivity index (χ0v) is 17.3. The van der Waals surface area contributed by atoms with E-state index in [1.165, 1.54) is 5.56 Å². The van der Waals surface area contributed by atoms with Crippen LogP contribution in [0.4, 0.5) is 0 Å². The molecule has 1 aliphatic heterocycles. The van der Waals surface area contributed by atoms with E-state index in [2.05, 4.69) is 22.3 Å². The molecule has 1 aliphatic rings. The van der Waals surface area contributed by atoms with Crippen molar-refractivity contribution in [3.05, 3.63) is 59.2 Å². The van der Waals surface area contributed by atoms with Crippen molar-refractivity contribution in [3.63, 3.8) is 0 Å². The second kappa shape index (κ2) is 10.8. The van der Waals surface area contributed by atoms with Crippen molar-refractivity contribution in [1.29, 1.82) is 0 Å². The summed E-state index contributed by atoms with van der Waals surface area (Å²) in [4.78, 5) is 15.1. The molecule has 156 valence electrons. The summed E-state index contributed by atoms with van der Waals surface area (Å²) in [6, 6.07) is 13.5. The Kier molecular flexibility index (Phi) is 7.90. The predicted molar refractivity (Wildman–Crippen MR) is 112 cm³/mol. The quantitative estimate of drug-likeness (QED) is 0.703. The first-order chi connectivity index (χ1) is 14.2. The highest BCUT2D eigenvalue weighted by molar-refractivity contribution is 5.94. The first-order valence-electron chi connectivity index (χ1n) is 10.3. The molecule has 0 aliphatic carbocycles. The maximum absolute atomic E-state index is 12.7. The Labute approximate surface area is 172 Å². The third kappa shape index (κ3) is 5.95. The SMILES string of the molecule is CCOc1ccc(C(=O)NCc2ccccc2CN2CCOCC2)cc1OCC. The van der Waals surface area contributed by atoms with Gasteiger partial charge in [-0.25, -0.2) is 0 Å². The number of nitrogens with one attached hydrogen (secondary N) is 1. The predicted octanol–water partition coefficient (Wildman–Crippen LogP) is 3.25. The standard InChI is InChI=1S/C23H30N2O4/c1-3-28-21-10-9-18(15-22(21)29-4-2)23(26)24-16-19-7-5-6-8-20(19)17-25-11-13-27-14-12-25/h5-10,15H,3-4,11-14,16-17H2,1-2H3,(H,24,26). The number of benzene rings is 2. The van der Waals surface area contributed by atoms with Crippen molar-refractivity contribution >= 4 is 5.91 Å². The fourth-order valence-electron chi connectivity index (χ4n) is 3.35. The summed E-state index contributed by atoms with van der Waals surface area (Å²) in [6.07, 6.45) is 0. The maximum atomic E-state index is 12.7. The molecule has 6 heteroatoms. The highest BCUT2D eigenvalue weighted by Crippen LogP contribution is 2.28. The van der Waals surface area contributed by atoms with Crippen molar-refractivity contribution < 1.29 is 19.0 Å². The molecule has 1 amide bonds. The number of rotatable bonds is 9. The third-order valence-corrected chi connectivity index (χ3v) is 4.86. The number of amides is 1. The van der Waals surface area contributed by atoms with Gasteiger partial charge in [-0.05, 0) is 43.2 Å². The van der Waals surface area contributed by atoms with Gasteiger partial charge in [0.2, 0.25) is 0 Å². The van der Waals surface area contributed by atoms with Crippen LogP contribution in [0.5, 0.6) is 11.5 Å². The Morgan fingerprint density at radius 1 is 1.00 bits per heavy atom. The van der Waals surface area contributed by atoms with E-state index in [0.29, 0.717) is 36.8 Å². The van der Waals surface area contributed by atoms with Gasteiger partial charge in [0.1, 0.15) is 0 Å². The lowest BCUT2D eigenvalue weighted by Gasteiger charge is -2.27. The van der Waals surface area contributed by atoms with Crippen molar-refractivity contribution in [2.45, 2.75) is 26.9 Å². The molecule has 0 saturated carbocycles. The molecule has 6 nitrogen and oxygen atoms in total. The van der Waals surface area contributed by atoms with E-state index in [1.807, 2.05) is 26.0 Å². The Bertz CT molecular complexity index is 803. The highest BCUT2D eigenvalue weighted by atomic mass is 16.5. The van der Waals surface area contributed by atoms with Crippen molar-refractivity contribution in [1.82, 2.24) is 10.2 Å². The molecule has 0 aromatic heterocycles. The average Bonchev–Trinajstić information content (AvgIpc) is 2.75. The monoisotopic (exact) mass is 398 g/mol. The van der Waals surface area contributed by atoms with Crippen LogP contribution in [0, 0.1) is 0 Å². The molecule has 2 aromatic rings. The maximum Gasteiger partial charge on any atom is 0.251 e. The van der Waals surface area contributed by atoms with Gasteiger partial charge in [0.05, 0.1) is 26.4 Å². The summed E-state index contributed by atoms with van der Waals surface area (Å²) >= 11 is 0. The van der Waals surface area contributed by atoms with E-state index >= 15 is 0 Å². The first-order valence-corrected chi connectivity index (χ1v) is 10.3. The molecule has 0 bridgehead atoms. The Morgan fingerprint density at radius 2 is 1.69 bits per heavy atom. The summed E-state index contributed by atoms with van der Waals surface area (Å²) in [5, 5.41) is 3.04. The molecular formula is C23H30N2O4. The zero-order valence-electron chi connectivity index (χ0n) is 17.3. The van der Waals surface area contributed by atoms with Gasteiger partial charge in [-0.15, -0.1) is 0 Å². The van der Waals surface area contributed by atoms with Crippen LogP contribution in [-0.2, 0) is 17.8 Å². The first kappa shape index (κ1) is 21.1. The van der Waals surface area contributed by atoms with Gasteiger partial charge >= 0.3 is 0 Å². The summed E-state index contributed by atoms with van der Waals surface area (Å²) in [5.41, 5.74) is 2.92. The van der Waals surface area contributed by atoms with Gasteiger partial charge in [0.25, 0.3) is 5.91 Å². The normalized spacial score (nSPS) is 14.4. The van der Waals surface area contributed by atoms with Crippen molar-refractivity contribution in [2.24, 2.45) is 0 Å². The van der Waals surface area contributed by atoms with Gasteiger partial charge in [-0.2, -0.15) is 0 Å². The van der Waals surface area contributed by atoms with Crippen LogP contribution >= 0.6 is 0 Å². The molecule has 1 heterocycles. The molecule has 29 heavy (non-hydrogen) atoms. The van der Waals surface area contributed by atoms with Crippen LogP contribution in [0.1, 0.15) is 35.3 Å². The summed E-state index contributed by atoms with van der Waals surface area (Å²) in [5.74, 6) is 1.12. The third-order valence-electron chi connectivity index (χ3n) is 4.86. The fraction of sp³-hybridized carbons (Fsp3) is 0.435. The van der Waals surface area contributed by atoms with Crippen LogP contribution in [0.25, 0.3) is 0 Å². The van der Waals surface area contributed by atoms with E-state index in [9.17, 15) is 4.79 Å². The molecule has 2 aromatic carbocycles. The second-order valence-corrected chi connectivity index (χ2v) is 6.87. The van der Waals surface area contributed by atoms with Gasteiger partial charge in [0, 0.05) is 31.7 Å². The van der Waals surface area contributed by atoms with E-state index < -0.39 is 0 Å². The van der Waals surface area contributed by atoms with Gasteiger partial charge in [-0.1, -0.05) is 24.3 Å². The molecule has 0 radical (unpaired) electrons. The number of hydrogen-bond donors (Lipinski definition) is 1. The Morgan fingerprint density at radius 3 is 2.41 bits per heavy atom. The van der Waals surface area contributed by atoms with Crippen LogP contribution in [0.15, 0.2) is 42.5 Å². The molecule has 0 unspecified atom stereocenters. The topological polar surface area (TPSA) is 60.0 Å². The number of morpholine rings is 1. The van der Waals surface area contributed by atoms with E-state index in [0.717, 1.165) is 38.4 Å². The van der Waals surface area contributed by atoms with Crippen LogP contribution < -0.4 is 14.8 Å². The average molecular weight is 399 g/mol. The highest BCUT2D eigenvalue weighted by Gasteiger charge is 2.14. The summed E-state index contributed by atoms with van der Waals surface area (Å²) in [6.45, 7) is 9.67. The summed E-state index contributed by atoms with van der Waals surface area (Å²) < 4.78 is 16.6. The molecule has 1 N–H and O–H groups in total. The minimum Gasteiger partial charge on any atom is -0.490 e. The molecule has 0 atom stereocenters. The second-order valence-electron chi connectivity index (χ2n) is 6.87. The van der Waals surface area contributed by atoms with E-state index in [-0.39, 0.29) is 5.91 Å². The smallest absolute Gasteiger partial charge is 0.251 e. The lowest BCUT2D eigenvalue weighted by molar-refractivity contribution is 0.0340. The largest absolute Gasteiger partial charge is 0.490 e. The molecule has 3 rings (SSSR count). The van der Waals surface area contributed by atoms with Crippen molar-refractivity contribution in [2.75, 3.05) is 39.5 Å². The van der Waals surface area contributed by atoms with Crippen LogP contribution in [0.3, 0.4) is 0 Å². The molecule has 1 saturated heterocycles. The lowest BCUT2D eigenvalue weighted by atomic mass is 10.1. The number of carbonyl (C=O) groups excluding carboxylic acids is 1. The van der Waals surface area contributed by atoms with Gasteiger partial charge < -0.3 is 19.5 Å². The Balaban J connectivity index is 1.65. The number of ether oxygens (including phenoxy) is 3. The van der Waals surface area contributed by atoms with E-state index in [1.54, 1.807) is 18.2 Å². The Hall–Kier alpha value is -2.57. The van der Waals surface area contributed by atoms with Crippen LogP contribution in [-0.4, -0.2) is 50.3 Å². The minimum atomic E-state index is -0.129. The molecular weight excluding hydrogens is 368 g/mol. The molecule has 1 fully saturated rings. The van der Waals surface area contributed by atoms with Gasteiger partial charge in [0.15, 0.2) is 11.5 Å². The fourth-order valence-corrected chi connectivity index (χ4v) is 3.35. The van der Waals surface area contributed by atoms with Crippen LogP contribution in [0.2, 0.25) is 0 Å². The number of hydrogen-bond acceptors (Lipinski definition) is 5. The van der Waals surface area contributed by atoms with Crippen molar-refractivity contribution in [3.8, 4) is 11.5 Å². The summed E-state index contributed by atoms with van der Waals surface area (Å²) in [7, 11) is 0. The van der Waals surface area contributed by atoms with E-state index in [4.69, 9.17) is 14.2 Å². The number of carbonyl (C=O) groups is 1. The number of nitrogens with zero attached hydrogens (tertiary/aromatic N) is 1.